The van der Waals surface area contributed by atoms with Crippen molar-refractivity contribution in [2.45, 2.75) is 32.2 Å². The van der Waals surface area contributed by atoms with Crippen molar-refractivity contribution in [3.63, 3.8) is 0 Å². The summed E-state index contributed by atoms with van der Waals surface area (Å²) < 4.78 is 14.2. The van der Waals surface area contributed by atoms with E-state index in [1.165, 1.54) is 35.3 Å². The maximum atomic E-state index is 12.9. The summed E-state index contributed by atoms with van der Waals surface area (Å²) in [6.07, 6.45) is 10.1. The van der Waals surface area contributed by atoms with Crippen LogP contribution in [0.3, 0.4) is 0 Å². The predicted octanol–water partition coefficient (Wildman–Crippen LogP) is 3.73. The van der Waals surface area contributed by atoms with Gasteiger partial charge < -0.3 is 14.0 Å². The van der Waals surface area contributed by atoms with Crippen molar-refractivity contribution in [2.75, 3.05) is 13.2 Å². The van der Waals surface area contributed by atoms with Gasteiger partial charge in [-0.3, -0.25) is 4.79 Å². The van der Waals surface area contributed by atoms with Crippen LogP contribution in [-0.4, -0.2) is 23.7 Å². The van der Waals surface area contributed by atoms with Crippen LogP contribution in [0.1, 0.15) is 34.3 Å². The molecule has 0 bridgehead atoms. The van der Waals surface area contributed by atoms with Gasteiger partial charge in [-0.05, 0) is 48.9 Å². The van der Waals surface area contributed by atoms with Crippen LogP contribution in [0.15, 0.2) is 35.3 Å². The second-order valence-electron chi connectivity index (χ2n) is 7.25. The van der Waals surface area contributed by atoms with Crippen LogP contribution in [0, 0.1) is 12.3 Å². The number of aryl methyl sites for hydroxylation is 2. The largest absolute Gasteiger partial charge is 0.486 e. The van der Waals surface area contributed by atoms with Crippen molar-refractivity contribution in [3.8, 4) is 23.8 Å². The van der Waals surface area contributed by atoms with Crippen LogP contribution in [-0.2, 0) is 19.4 Å². The Bertz CT molecular complexity index is 1230. The summed E-state index contributed by atoms with van der Waals surface area (Å²) in [6.45, 7) is 1.38. The van der Waals surface area contributed by atoms with Gasteiger partial charge in [-0.1, -0.05) is 23.3 Å². The van der Waals surface area contributed by atoms with E-state index in [9.17, 15) is 4.79 Å². The lowest BCUT2D eigenvalue weighted by atomic mass is 9.90. The Morgan fingerprint density at radius 1 is 1.10 bits per heavy atom. The average molecular weight is 404 g/mol. The molecule has 2 aromatic carbocycles. The van der Waals surface area contributed by atoms with Gasteiger partial charge in [0.2, 0.25) is 0 Å². The Balaban J connectivity index is 1.59. The highest BCUT2D eigenvalue weighted by Crippen LogP contribution is 2.35. The Hall–Kier alpha value is -3.04. The van der Waals surface area contributed by atoms with Crippen molar-refractivity contribution in [1.29, 1.82) is 0 Å². The molecule has 0 N–H and O–H groups in total. The molecule has 29 heavy (non-hydrogen) atoms. The number of amides is 1. The summed E-state index contributed by atoms with van der Waals surface area (Å²) in [6, 6.07) is 9.80. The summed E-state index contributed by atoms with van der Waals surface area (Å²) in [5.74, 6) is 3.83. The quantitative estimate of drug-likeness (QED) is 0.612. The molecule has 5 nitrogen and oxygen atoms in total. The third-order valence-electron chi connectivity index (χ3n) is 5.39. The molecular weight excluding hydrogens is 384 g/mol. The zero-order chi connectivity index (χ0) is 19.8. The number of terminal acetylenes is 1. The number of rotatable bonds is 2. The second kappa shape index (κ2) is 7.41. The number of thiazole rings is 1. The monoisotopic (exact) mass is 404 g/mol. The van der Waals surface area contributed by atoms with E-state index < -0.39 is 0 Å². The number of nitrogens with zero attached hydrogens (tertiary/aromatic N) is 2. The lowest BCUT2D eigenvalue weighted by Crippen LogP contribution is -2.17. The molecule has 1 amide bonds. The van der Waals surface area contributed by atoms with Crippen LogP contribution >= 0.6 is 11.3 Å². The first-order valence-corrected chi connectivity index (χ1v) is 10.6. The number of carbonyl (C=O) groups is 1. The smallest absolute Gasteiger partial charge is 0.279 e. The Kier molecular flexibility index (Phi) is 4.61. The van der Waals surface area contributed by atoms with E-state index in [-0.39, 0.29) is 5.91 Å². The van der Waals surface area contributed by atoms with Gasteiger partial charge in [0.25, 0.3) is 5.91 Å². The number of carbonyl (C=O) groups excluding carboxylic acids is 1. The van der Waals surface area contributed by atoms with E-state index in [4.69, 9.17) is 15.9 Å². The van der Waals surface area contributed by atoms with Gasteiger partial charge in [-0.2, -0.15) is 4.99 Å². The minimum atomic E-state index is -0.243. The lowest BCUT2D eigenvalue weighted by Gasteiger charge is -2.18. The summed E-state index contributed by atoms with van der Waals surface area (Å²) in [5, 5.41) is 0. The van der Waals surface area contributed by atoms with Gasteiger partial charge in [0.1, 0.15) is 13.2 Å². The van der Waals surface area contributed by atoms with Gasteiger partial charge in [0.05, 0.1) is 16.8 Å². The number of ether oxygens (including phenoxy) is 2. The van der Waals surface area contributed by atoms with Gasteiger partial charge in [-0.15, -0.1) is 6.42 Å². The van der Waals surface area contributed by atoms with E-state index in [1.54, 1.807) is 0 Å². The van der Waals surface area contributed by atoms with Gasteiger partial charge >= 0.3 is 0 Å². The molecule has 146 valence electrons. The van der Waals surface area contributed by atoms with Crippen LogP contribution in [0.2, 0.25) is 0 Å². The normalized spacial score (nSPS) is 15.8. The fraction of sp³-hybridized carbons (Fsp3) is 0.304. The summed E-state index contributed by atoms with van der Waals surface area (Å²) in [5.41, 5.74) is 4.14. The van der Waals surface area contributed by atoms with E-state index in [2.05, 4.69) is 17.0 Å². The second-order valence-corrected chi connectivity index (χ2v) is 8.26. The van der Waals surface area contributed by atoms with Gasteiger partial charge in [0, 0.05) is 17.7 Å². The first-order chi connectivity index (χ1) is 14.2. The molecule has 6 heteroatoms. The third-order valence-corrected chi connectivity index (χ3v) is 6.43. The minimum Gasteiger partial charge on any atom is -0.486 e. The molecule has 0 fully saturated rings. The molecule has 1 aliphatic carbocycles. The molecule has 0 atom stereocenters. The average Bonchev–Trinajstić information content (AvgIpc) is 3.08. The molecule has 0 saturated heterocycles. The number of fused-ring (bicyclic) bond motifs is 3. The van der Waals surface area contributed by atoms with Crippen molar-refractivity contribution in [1.82, 2.24) is 4.57 Å². The predicted molar refractivity (Wildman–Crippen MR) is 113 cm³/mol. The number of hydrogen-bond donors (Lipinski definition) is 0. The SMILES string of the molecule is C#CCn1c(=NC(=O)c2ccc3c(c2)CCCC3)sc2cc3c(cc21)OCCO3. The molecule has 0 saturated carbocycles. The van der Waals surface area contributed by atoms with Gasteiger partial charge in [0.15, 0.2) is 16.3 Å². The first-order valence-electron chi connectivity index (χ1n) is 9.80. The molecule has 3 aromatic rings. The Labute approximate surface area is 172 Å². The maximum absolute atomic E-state index is 12.9. The molecule has 2 heterocycles. The minimum absolute atomic E-state index is 0.243. The van der Waals surface area contributed by atoms with Crippen molar-refractivity contribution < 1.29 is 14.3 Å². The van der Waals surface area contributed by atoms with Crippen LogP contribution in [0.25, 0.3) is 10.2 Å². The maximum Gasteiger partial charge on any atom is 0.279 e. The van der Waals surface area contributed by atoms with Gasteiger partial charge in [-0.25, -0.2) is 0 Å². The van der Waals surface area contributed by atoms with Crippen molar-refractivity contribution >= 4 is 27.5 Å². The Morgan fingerprint density at radius 3 is 2.66 bits per heavy atom. The van der Waals surface area contributed by atoms with E-state index in [0.29, 0.717) is 41.6 Å². The molecule has 1 aliphatic heterocycles. The number of hydrogen-bond acceptors (Lipinski definition) is 4. The van der Waals surface area contributed by atoms with E-state index in [0.717, 1.165) is 23.1 Å². The summed E-state index contributed by atoms with van der Waals surface area (Å²) >= 11 is 1.43. The van der Waals surface area contributed by atoms with E-state index in [1.807, 2.05) is 28.8 Å². The van der Waals surface area contributed by atoms with Crippen LogP contribution < -0.4 is 14.3 Å². The fourth-order valence-corrected chi connectivity index (χ4v) is 4.99. The zero-order valence-electron chi connectivity index (χ0n) is 15.9. The highest BCUT2D eigenvalue weighted by Gasteiger charge is 2.17. The van der Waals surface area contributed by atoms with Crippen LogP contribution in [0.5, 0.6) is 11.5 Å². The summed E-state index contributed by atoms with van der Waals surface area (Å²) in [4.78, 5) is 17.9. The molecule has 0 unspecified atom stereocenters. The first kappa shape index (κ1) is 18.0. The third kappa shape index (κ3) is 3.32. The Morgan fingerprint density at radius 2 is 1.86 bits per heavy atom. The highest BCUT2D eigenvalue weighted by molar-refractivity contribution is 7.16. The lowest BCUT2D eigenvalue weighted by molar-refractivity contribution is 0.0997. The topological polar surface area (TPSA) is 52.8 Å². The van der Waals surface area contributed by atoms with E-state index >= 15 is 0 Å². The van der Waals surface area contributed by atoms with Crippen molar-refractivity contribution in [2.24, 2.45) is 4.99 Å². The summed E-state index contributed by atoms with van der Waals surface area (Å²) in [7, 11) is 0. The standard InChI is InChI=1S/C23H20N2O3S/c1-2-9-25-18-13-19-20(28-11-10-27-19)14-21(18)29-23(25)24-22(26)17-8-7-15-5-3-4-6-16(15)12-17/h1,7-8,12-14H,3-6,9-11H2. The van der Waals surface area contributed by atoms with Crippen LogP contribution in [0.4, 0.5) is 0 Å². The number of aromatic nitrogens is 1. The van der Waals surface area contributed by atoms with Crippen molar-refractivity contribution in [3.05, 3.63) is 51.8 Å². The molecule has 0 radical (unpaired) electrons. The molecule has 5 rings (SSSR count). The zero-order valence-corrected chi connectivity index (χ0v) is 16.8. The fourth-order valence-electron chi connectivity index (χ4n) is 3.95. The number of benzene rings is 2. The molecule has 0 spiro atoms. The molecular formula is C23H20N2O3S. The highest BCUT2D eigenvalue weighted by atomic mass is 32.1. The molecule has 2 aliphatic rings. The molecule has 1 aromatic heterocycles.